The number of rotatable bonds is 7. The molecule has 0 radical (unpaired) electrons. The number of carbonyl (C=O) groups excluding carboxylic acids is 1. The summed E-state index contributed by atoms with van der Waals surface area (Å²) in [5.41, 5.74) is 0.520. The number of tetrazole rings is 1. The summed E-state index contributed by atoms with van der Waals surface area (Å²) < 4.78 is 22.4. The Morgan fingerprint density at radius 2 is 1.89 bits per heavy atom. The van der Waals surface area contributed by atoms with E-state index in [2.05, 4.69) is 20.8 Å². The van der Waals surface area contributed by atoms with Gasteiger partial charge in [0.25, 0.3) is 17.8 Å². The molecule has 1 amide bonds. The van der Waals surface area contributed by atoms with Crippen molar-refractivity contribution in [3.8, 4) is 22.6 Å². The molecule has 2 aromatic carbocycles. The maximum absolute atomic E-state index is 15.0. The molecule has 0 spiro atoms. The molecule has 4 aromatic rings. The summed E-state index contributed by atoms with van der Waals surface area (Å²) >= 11 is 6.16. The number of pyridine rings is 1. The number of carboxylic acids is 1. The summed E-state index contributed by atoms with van der Waals surface area (Å²) in [6.07, 6.45) is 0.0217. The number of amides is 1. The quantitative estimate of drug-likeness (QED) is 0.396. The van der Waals surface area contributed by atoms with Crippen LogP contribution < -0.4 is 15.6 Å². The standard InChI is InChI=1S/C22H16ClFN6O5/c1-35-18-10-29(20(24)21(32)26-14-5-2-12(3-6-14)22(33)34)19(31)9-16(18)15-8-13(23)4-7-17(15)30-11-25-27-28-30/h2-11,20H,1H3,(H,26,32)(H,33,34). The van der Waals surface area contributed by atoms with Gasteiger partial charge in [-0.1, -0.05) is 11.6 Å². The van der Waals surface area contributed by atoms with E-state index in [4.69, 9.17) is 21.4 Å². The Bertz CT molecular complexity index is 1460. The second kappa shape index (κ2) is 9.73. The smallest absolute Gasteiger partial charge is 0.335 e. The van der Waals surface area contributed by atoms with E-state index >= 15 is 4.39 Å². The lowest BCUT2D eigenvalue weighted by Crippen LogP contribution is -2.30. The molecule has 0 aliphatic carbocycles. The highest BCUT2D eigenvalue weighted by atomic mass is 35.5. The number of aromatic carboxylic acids is 1. The third kappa shape index (κ3) is 4.87. The predicted molar refractivity (Wildman–Crippen MR) is 123 cm³/mol. The van der Waals surface area contributed by atoms with Crippen molar-refractivity contribution in [2.45, 2.75) is 6.30 Å². The van der Waals surface area contributed by atoms with E-state index in [0.29, 0.717) is 20.8 Å². The molecule has 11 nitrogen and oxygen atoms in total. The van der Waals surface area contributed by atoms with Gasteiger partial charge in [0.2, 0.25) is 0 Å². The first-order valence-electron chi connectivity index (χ1n) is 9.90. The number of methoxy groups -OCH3 is 1. The zero-order valence-electron chi connectivity index (χ0n) is 17.9. The molecule has 1 unspecified atom stereocenters. The summed E-state index contributed by atoms with van der Waals surface area (Å²) in [7, 11) is 1.33. The lowest BCUT2D eigenvalue weighted by atomic mass is 10.0. The summed E-state index contributed by atoms with van der Waals surface area (Å²) in [6.45, 7) is 0. The van der Waals surface area contributed by atoms with Crippen LogP contribution in [-0.4, -0.2) is 48.9 Å². The van der Waals surface area contributed by atoms with Crippen molar-refractivity contribution in [1.29, 1.82) is 0 Å². The van der Waals surface area contributed by atoms with E-state index in [1.807, 2.05) is 0 Å². The van der Waals surface area contributed by atoms with E-state index in [9.17, 15) is 14.4 Å². The fraction of sp³-hybridized carbons (Fsp3) is 0.0909. The molecular weight excluding hydrogens is 483 g/mol. The number of alkyl halides is 1. The SMILES string of the molecule is COc1cn(C(F)C(=O)Nc2ccc(C(=O)O)cc2)c(=O)cc1-c1cc(Cl)ccc1-n1cnnn1. The van der Waals surface area contributed by atoms with Crippen molar-refractivity contribution < 1.29 is 23.8 Å². The topological polar surface area (TPSA) is 141 Å². The summed E-state index contributed by atoms with van der Waals surface area (Å²) in [5, 5.41) is 22.7. The van der Waals surface area contributed by atoms with Gasteiger partial charge < -0.3 is 15.2 Å². The number of carboxylic acid groups (broad SMARTS) is 1. The first-order chi connectivity index (χ1) is 16.8. The van der Waals surface area contributed by atoms with E-state index in [1.54, 1.807) is 18.2 Å². The Morgan fingerprint density at radius 1 is 1.14 bits per heavy atom. The average molecular weight is 499 g/mol. The van der Waals surface area contributed by atoms with E-state index in [0.717, 1.165) is 12.3 Å². The number of hydrogen-bond donors (Lipinski definition) is 2. The van der Waals surface area contributed by atoms with Crippen LogP contribution in [0.3, 0.4) is 0 Å². The Morgan fingerprint density at radius 3 is 2.51 bits per heavy atom. The lowest BCUT2D eigenvalue weighted by Gasteiger charge is -2.17. The number of halogens is 2. The molecule has 13 heteroatoms. The van der Waals surface area contributed by atoms with Crippen LogP contribution in [-0.2, 0) is 4.79 Å². The Labute approximate surface area is 201 Å². The van der Waals surface area contributed by atoms with Gasteiger partial charge in [-0.25, -0.2) is 9.18 Å². The fourth-order valence-corrected chi connectivity index (χ4v) is 3.47. The van der Waals surface area contributed by atoms with Crippen LogP contribution in [0.2, 0.25) is 5.02 Å². The first kappa shape index (κ1) is 23.6. The van der Waals surface area contributed by atoms with Crippen molar-refractivity contribution in [3.05, 3.63) is 82.0 Å². The van der Waals surface area contributed by atoms with Crippen LogP contribution in [0.1, 0.15) is 16.7 Å². The molecule has 2 heterocycles. The number of anilines is 1. The zero-order valence-corrected chi connectivity index (χ0v) is 18.7. The largest absolute Gasteiger partial charge is 0.495 e. The van der Waals surface area contributed by atoms with E-state index < -0.39 is 23.7 Å². The van der Waals surface area contributed by atoms with Gasteiger partial charge in [0.05, 0.1) is 24.6 Å². The molecule has 0 fully saturated rings. The molecule has 0 saturated carbocycles. The second-order valence-corrected chi connectivity index (χ2v) is 7.56. The van der Waals surface area contributed by atoms with Crippen LogP contribution in [0.5, 0.6) is 5.75 Å². The number of aromatic nitrogens is 5. The minimum atomic E-state index is -2.40. The highest BCUT2D eigenvalue weighted by molar-refractivity contribution is 6.31. The summed E-state index contributed by atoms with van der Waals surface area (Å²) in [6, 6.07) is 11.0. The van der Waals surface area contributed by atoms with Gasteiger partial charge in [-0.15, -0.1) is 5.10 Å². The fourth-order valence-electron chi connectivity index (χ4n) is 3.30. The third-order valence-electron chi connectivity index (χ3n) is 4.97. The maximum atomic E-state index is 15.0. The molecule has 0 aliphatic heterocycles. The van der Waals surface area contributed by atoms with Crippen LogP contribution in [0.4, 0.5) is 10.1 Å². The number of ether oxygens (including phenoxy) is 1. The van der Waals surface area contributed by atoms with Crippen molar-refractivity contribution in [1.82, 2.24) is 24.8 Å². The first-order valence-corrected chi connectivity index (χ1v) is 10.3. The van der Waals surface area contributed by atoms with Gasteiger partial charge in [-0.3, -0.25) is 14.2 Å². The van der Waals surface area contributed by atoms with Crippen LogP contribution >= 0.6 is 11.6 Å². The molecule has 1 atom stereocenters. The van der Waals surface area contributed by atoms with Crippen molar-refractivity contribution in [2.24, 2.45) is 0 Å². The normalized spacial score (nSPS) is 11.6. The maximum Gasteiger partial charge on any atom is 0.335 e. The van der Waals surface area contributed by atoms with Crippen LogP contribution in [0, 0.1) is 0 Å². The van der Waals surface area contributed by atoms with Gasteiger partial charge in [-0.2, -0.15) is 4.68 Å². The molecule has 0 saturated heterocycles. The highest BCUT2D eigenvalue weighted by Gasteiger charge is 2.24. The van der Waals surface area contributed by atoms with Gasteiger partial charge in [-0.05, 0) is 52.9 Å². The van der Waals surface area contributed by atoms with Crippen molar-refractivity contribution >= 4 is 29.2 Å². The van der Waals surface area contributed by atoms with Gasteiger partial charge >= 0.3 is 5.97 Å². The summed E-state index contributed by atoms with van der Waals surface area (Å²) in [4.78, 5) is 36.2. The molecule has 0 bridgehead atoms. The monoisotopic (exact) mass is 498 g/mol. The molecule has 0 aliphatic rings. The van der Waals surface area contributed by atoms with Crippen LogP contribution in [0.25, 0.3) is 16.8 Å². The second-order valence-electron chi connectivity index (χ2n) is 7.12. The van der Waals surface area contributed by atoms with Crippen molar-refractivity contribution in [2.75, 3.05) is 12.4 Å². The van der Waals surface area contributed by atoms with Crippen molar-refractivity contribution in [3.63, 3.8) is 0 Å². The molecule has 4 rings (SSSR count). The predicted octanol–water partition coefficient (Wildman–Crippen LogP) is 2.96. The van der Waals surface area contributed by atoms with Crippen LogP contribution in [0.15, 0.2) is 65.8 Å². The molecule has 2 aromatic heterocycles. The van der Waals surface area contributed by atoms with Gasteiger partial charge in [0.1, 0.15) is 12.1 Å². The number of hydrogen-bond acceptors (Lipinski definition) is 7. The molecule has 178 valence electrons. The Hall–Kier alpha value is -4.58. The molecule has 35 heavy (non-hydrogen) atoms. The van der Waals surface area contributed by atoms with E-state index in [1.165, 1.54) is 42.4 Å². The highest BCUT2D eigenvalue weighted by Crippen LogP contribution is 2.35. The summed E-state index contributed by atoms with van der Waals surface area (Å²) in [5.74, 6) is -2.20. The minimum absolute atomic E-state index is 0.00148. The Balaban J connectivity index is 1.68. The number of nitrogens with zero attached hydrogens (tertiary/aromatic N) is 5. The van der Waals surface area contributed by atoms with Gasteiger partial charge in [0, 0.05) is 27.9 Å². The molecule has 2 N–H and O–H groups in total. The number of benzene rings is 2. The van der Waals surface area contributed by atoms with E-state index in [-0.39, 0.29) is 22.6 Å². The zero-order chi connectivity index (χ0) is 25.1. The average Bonchev–Trinajstić information content (AvgIpc) is 3.38. The van der Waals surface area contributed by atoms with Gasteiger partial charge in [0.15, 0.2) is 0 Å². The third-order valence-corrected chi connectivity index (χ3v) is 5.20. The lowest BCUT2D eigenvalue weighted by molar-refractivity contribution is -0.123. The number of nitrogens with one attached hydrogen (secondary N) is 1. The molecular formula is C22H16ClFN6O5. The minimum Gasteiger partial charge on any atom is -0.495 e. The number of carbonyl (C=O) groups is 2. The Kier molecular flexibility index (Phi) is 6.55.